The van der Waals surface area contributed by atoms with Crippen LogP contribution in [0.15, 0.2) is 30.3 Å². The molecule has 1 aromatic heterocycles. The number of nitriles is 1. The molecule has 0 amide bonds. The summed E-state index contributed by atoms with van der Waals surface area (Å²) in [6.07, 6.45) is 0. The Morgan fingerprint density at radius 3 is 2.26 bits per heavy atom. The number of hydrogen-bond acceptors (Lipinski definition) is 3. The largest absolute Gasteiger partial charge is 0.362 e. The topological polar surface area (TPSA) is 39.9 Å². The molecule has 3 nitrogen and oxygen atoms in total. The minimum absolute atomic E-state index is 0.624. The third-order valence-corrected chi connectivity index (χ3v) is 3.03. The van der Waals surface area contributed by atoms with E-state index >= 15 is 0 Å². The Bertz CT molecular complexity index is 634. The van der Waals surface area contributed by atoms with Crippen molar-refractivity contribution < 1.29 is 0 Å². The number of aryl methyl sites for hydroxylation is 2. The number of rotatable bonds is 2. The predicted octanol–water partition coefficient (Wildman–Crippen LogP) is 3.30. The summed E-state index contributed by atoms with van der Waals surface area (Å²) in [4.78, 5) is 6.33. The Morgan fingerprint density at radius 2 is 1.74 bits per heavy atom. The van der Waals surface area contributed by atoms with Crippen LogP contribution in [0.3, 0.4) is 0 Å². The molecule has 0 aliphatic carbocycles. The molecule has 1 heterocycles. The summed E-state index contributed by atoms with van der Waals surface area (Å²) in [6.45, 7) is 4.00. The van der Waals surface area contributed by atoms with Crippen LogP contribution in [0.25, 0.3) is 11.1 Å². The number of hydrogen-bond donors (Lipinski definition) is 0. The molecule has 0 bridgehead atoms. The van der Waals surface area contributed by atoms with Gasteiger partial charge in [-0.25, -0.2) is 4.98 Å². The molecule has 2 rings (SSSR count). The quantitative estimate of drug-likeness (QED) is 0.822. The first kappa shape index (κ1) is 13.1. The fourth-order valence-corrected chi connectivity index (χ4v) is 2.05. The maximum atomic E-state index is 9.44. The zero-order valence-electron chi connectivity index (χ0n) is 11.7. The van der Waals surface area contributed by atoms with E-state index in [2.05, 4.69) is 30.1 Å². The lowest BCUT2D eigenvalue weighted by Crippen LogP contribution is -2.13. The second kappa shape index (κ2) is 5.11. The van der Waals surface area contributed by atoms with Crippen LogP contribution in [-0.4, -0.2) is 19.1 Å². The standard InChI is InChI=1S/C16H17N3/c1-11-5-7-13(8-6-11)14-9-12(2)18-16(19(3)4)15(14)10-17/h5-9H,1-4H3. The normalized spacial score (nSPS) is 10.1. The van der Waals surface area contributed by atoms with Gasteiger partial charge in [0.1, 0.15) is 17.5 Å². The first-order chi connectivity index (χ1) is 9.02. The minimum atomic E-state index is 0.624. The van der Waals surface area contributed by atoms with Crippen LogP contribution in [0, 0.1) is 25.2 Å². The lowest BCUT2D eigenvalue weighted by molar-refractivity contribution is 1.04. The third-order valence-electron chi connectivity index (χ3n) is 3.03. The fraction of sp³-hybridized carbons (Fsp3) is 0.250. The molecular formula is C16H17N3. The van der Waals surface area contributed by atoms with Crippen LogP contribution in [0.1, 0.15) is 16.8 Å². The van der Waals surface area contributed by atoms with Crippen LogP contribution in [-0.2, 0) is 0 Å². The van der Waals surface area contributed by atoms with Crippen LogP contribution in [0.2, 0.25) is 0 Å². The van der Waals surface area contributed by atoms with Gasteiger partial charge in [0.2, 0.25) is 0 Å². The molecule has 0 atom stereocenters. The van der Waals surface area contributed by atoms with Crippen molar-refractivity contribution in [1.82, 2.24) is 4.98 Å². The molecule has 3 heteroatoms. The molecule has 96 valence electrons. The minimum Gasteiger partial charge on any atom is -0.362 e. The van der Waals surface area contributed by atoms with Gasteiger partial charge < -0.3 is 4.90 Å². The Kier molecular flexibility index (Phi) is 3.52. The predicted molar refractivity (Wildman–Crippen MR) is 78.2 cm³/mol. The van der Waals surface area contributed by atoms with E-state index in [4.69, 9.17) is 0 Å². The number of anilines is 1. The van der Waals surface area contributed by atoms with Crippen molar-refractivity contribution in [3.63, 3.8) is 0 Å². The second-order valence-corrected chi connectivity index (χ2v) is 4.88. The first-order valence-corrected chi connectivity index (χ1v) is 6.19. The van der Waals surface area contributed by atoms with E-state index in [1.54, 1.807) is 0 Å². The first-order valence-electron chi connectivity index (χ1n) is 6.19. The van der Waals surface area contributed by atoms with E-state index < -0.39 is 0 Å². The summed E-state index contributed by atoms with van der Waals surface area (Å²) in [5.41, 5.74) is 4.74. The van der Waals surface area contributed by atoms with E-state index in [9.17, 15) is 5.26 Å². The van der Waals surface area contributed by atoms with E-state index in [-0.39, 0.29) is 0 Å². The highest BCUT2D eigenvalue weighted by Crippen LogP contribution is 2.29. The van der Waals surface area contributed by atoms with Crippen molar-refractivity contribution in [2.24, 2.45) is 0 Å². The van der Waals surface area contributed by atoms with Gasteiger partial charge in [0.25, 0.3) is 0 Å². The SMILES string of the molecule is Cc1ccc(-c2cc(C)nc(N(C)C)c2C#N)cc1. The zero-order chi connectivity index (χ0) is 14.0. The van der Waals surface area contributed by atoms with Crippen LogP contribution < -0.4 is 4.90 Å². The lowest BCUT2D eigenvalue weighted by atomic mass is 9.99. The molecule has 0 spiro atoms. The maximum Gasteiger partial charge on any atom is 0.146 e. The number of pyridine rings is 1. The Balaban J connectivity index is 2.69. The second-order valence-electron chi connectivity index (χ2n) is 4.88. The molecule has 0 fully saturated rings. The Morgan fingerprint density at radius 1 is 1.11 bits per heavy atom. The number of aromatic nitrogens is 1. The summed E-state index contributed by atoms with van der Waals surface area (Å²) in [5.74, 6) is 0.720. The van der Waals surface area contributed by atoms with Gasteiger partial charge in [0.05, 0.1) is 0 Å². The summed E-state index contributed by atoms with van der Waals surface area (Å²) in [5, 5.41) is 9.44. The molecule has 0 saturated heterocycles. The van der Waals surface area contributed by atoms with Crippen molar-refractivity contribution in [3.05, 3.63) is 47.2 Å². The highest BCUT2D eigenvalue weighted by atomic mass is 15.1. The third kappa shape index (κ3) is 2.58. The van der Waals surface area contributed by atoms with Gasteiger partial charge in [-0.3, -0.25) is 0 Å². The van der Waals surface area contributed by atoms with Gasteiger partial charge in [-0.15, -0.1) is 0 Å². The molecule has 0 radical (unpaired) electrons. The van der Waals surface area contributed by atoms with Crippen molar-refractivity contribution in [3.8, 4) is 17.2 Å². The molecule has 0 aliphatic heterocycles. The van der Waals surface area contributed by atoms with E-state index in [1.807, 2.05) is 44.1 Å². The van der Waals surface area contributed by atoms with Gasteiger partial charge in [-0.1, -0.05) is 29.8 Å². The van der Waals surface area contributed by atoms with Crippen molar-refractivity contribution in [1.29, 1.82) is 5.26 Å². The van der Waals surface area contributed by atoms with Crippen LogP contribution in [0.5, 0.6) is 0 Å². The van der Waals surface area contributed by atoms with Crippen molar-refractivity contribution in [2.75, 3.05) is 19.0 Å². The van der Waals surface area contributed by atoms with Gasteiger partial charge in [0.15, 0.2) is 0 Å². The maximum absolute atomic E-state index is 9.44. The summed E-state index contributed by atoms with van der Waals surface area (Å²) >= 11 is 0. The van der Waals surface area contributed by atoms with Crippen molar-refractivity contribution in [2.45, 2.75) is 13.8 Å². The highest BCUT2D eigenvalue weighted by Gasteiger charge is 2.14. The molecule has 0 unspecified atom stereocenters. The molecule has 0 saturated carbocycles. The molecule has 1 aromatic carbocycles. The summed E-state index contributed by atoms with van der Waals surface area (Å²) in [6, 6.07) is 12.5. The molecular weight excluding hydrogens is 234 g/mol. The summed E-state index contributed by atoms with van der Waals surface area (Å²) < 4.78 is 0. The Labute approximate surface area is 114 Å². The molecule has 0 N–H and O–H groups in total. The fourth-order valence-electron chi connectivity index (χ4n) is 2.05. The molecule has 19 heavy (non-hydrogen) atoms. The average Bonchev–Trinajstić information content (AvgIpc) is 2.38. The smallest absolute Gasteiger partial charge is 0.146 e. The van der Waals surface area contributed by atoms with Gasteiger partial charge >= 0.3 is 0 Å². The van der Waals surface area contributed by atoms with Crippen molar-refractivity contribution >= 4 is 5.82 Å². The molecule has 0 aliphatic rings. The van der Waals surface area contributed by atoms with E-state index in [0.717, 1.165) is 22.6 Å². The van der Waals surface area contributed by atoms with E-state index in [1.165, 1.54) is 5.56 Å². The lowest BCUT2D eigenvalue weighted by Gasteiger charge is -2.16. The van der Waals surface area contributed by atoms with Gasteiger partial charge in [-0.2, -0.15) is 5.26 Å². The van der Waals surface area contributed by atoms with Crippen LogP contribution in [0.4, 0.5) is 5.82 Å². The average molecular weight is 251 g/mol. The zero-order valence-corrected chi connectivity index (χ0v) is 11.7. The number of benzene rings is 1. The van der Waals surface area contributed by atoms with Gasteiger partial charge in [0, 0.05) is 25.4 Å². The van der Waals surface area contributed by atoms with E-state index in [0.29, 0.717) is 5.56 Å². The summed E-state index contributed by atoms with van der Waals surface area (Å²) in [7, 11) is 3.81. The molecule has 2 aromatic rings. The highest BCUT2D eigenvalue weighted by molar-refractivity contribution is 5.76. The van der Waals surface area contributed by atoms with Gasteiger partial charge in [-0.05, 0) is 25.5 Å². The Hall–Kier alpha value is -2.34. The monoisotopic (exact) mass is 251 g/mol. The number of nitrogens with zero attached hydrogens (tertiary/aromatic N) is 3. The van der Waals surface area contributed by atoms with Crippen LogP contribution >= 0.6 is 0 Å².